The molecule has 2 fully saturated rings. The van der Waals surface area contributed by atoms with Crippen LogP contribution in [0.25, 0.3) is 0 Å². The van der Waals surface area contributed by atoms with Gasteiger partial charge >= 0.3 is 0 Å². The van der Waals surface area contributed by atoms with Crippen molar-refractivity contribution in [2.75, 3.05) is 44.3 Å². The van der Waals surface area contributed by atoms with Crippen LogP contribution in [0.1, 0.15) is 44.7 Å². The molecule has 3 rings (SSSR count). The smallest absolute Gasteiger partial charge is 0.128 e. The van der Waals surface area contributed by atoms with Crippen molar-refractivity contribution >= 4 is 5.82 Å². The van der Waals surface area contributed by atoms with E-state index in [1.54, 1.807) is 0 Å². The maximum absolute atomic E-state index is 5.56. The van der Waals surface area contributed by atoms with Crippen molar-refractivity contribution in [1.29, 1.82) is 0 Å². The molecule has 0 aromatic carbocycles. The van der Waals surface area contributed by atoms with Gasteiger partial charge in [0, 0.05) is 43.9 Å². The molecule has 0 saturated carbocycles. The van der Waals surface area contributed by atoms with Crippen molar-refractivity contribution in [3.63, 3.8) is 0 Å². The Hall–Kier alpha value is -1.13. The van der Waals surface area contributed by atoms with Crippen molar-refractivity contribution in [3.8, 4) is 0 Å². The molecule has 2 aliphatic heterocycles. The van der Waals surface area contributed by atoms with Gasteiger partial charge in [-0.05, 0) is 51.8 Å². The van der Waals surface area contributed by atoms with E-state index in [1.165, 1.54) is 25.1 Å². The first-order valence-electron chi connectivity index (χ1n) is 8.78. The van der Waals surface area contributed by atoms with Crippen molar-refractivity contribution in [2.24, 2.45) is 0 Å². The summed E-state index contributed by atoms with van der Waals surface area (Å²) < 4.78 is 5.56. The zero-order valence-electron chi connectivity index (χ0n) is 14.0. The van der Waals surface area contributed by atoms with Gasteiger partial charge in [-0.2, -0.15) is 0 Å². The molecule has 0 radical (unpaired) electrons. The van der Waals surface area contributed by atoms with E-state index in [2.05, 4.69) is 41.8 Å². The van der Waals surface area contributed by atoms with Crippen molar-refractivity contribution in [1.82, 2.24) is 9.88 Å². The SMILES string of the molecule is CC(C)N1CCC[C@H](c2cccc(N3CCCOCC3)n2)C1. The molecule has 1 atom stereocenters. The van der Waals surface area contributed by atoms with E-state index in [4.69, 9.17) is 9.72 Å². The Morgan fingerprint density at radius 2 is 2.05 bits per heavy atom. The molecule has 22 heavy (non-hydrogen) atoms. The lowest BCUT2D eigenvalue weighted by Gasteiger charge is -2.35. The zero-order valence-corrected chi connectivity index (χ0v) is 14.0. The zero-order chi connectivity index (χ0) is 15.4. The number of pyridine rings is 1. The predicted molar refractivity (Wildman–Crippen MR) is 90.6 cm³/mol. The van der Waals surface area contributed by atoms with Gasteiger partial charge < -0.3 is 14.5 Å². The van der Waals surface area contributed by atoms with Gasteiger partial charge in [-0.1, -0.05) is 6.07 Å². The Morgan fingerprint density at radius 1 is 1.14 bits per heavy atom. The van der Waals surface area contributed by atoms with Crippen LogP contribution in [-0.2, 0) is 4.74 Å². The number of ether oxygens (including phenoxy) is 1. The first kappa shape index (κ1) is 15.8. The van der Waals surface area contributed by atoms with Crippen LogP contribution in [0.2, 0.25) is 0 Å². The van der Waals surface area contributed by atoms with E-state index >= 15 is 0 Å². The highest BCUT2D eigenvalue weighted by atomic mass is 16.5. The highest BCUT2D eigenvalue weighted by Crippen LogP contribution is 2.28. The van der Waals surface area contributed by atoms with Gasteiger partial charge in [-0.25, -0.2) is 4.98 Å². The van der Waals surface area contributed by atoms with Crippen LogP contribution in [-0.4, -0.2) is 55.3 Å². The van der Waals surface area contributed by atoms with Gasteiger partial charge in [-0.3, -0.25) is 0 Å². The molecule has 2 aliphatic rings. The van der Waals surface area contributed by atoms with E-state index in [1.807, 2.05) is 0 Å². The maximum Gasteiger partial charge on any atom is 0.128 e. The molecule has 122 valence electrons. The molecule has 0 unspecified atom stereocenters. The second kappa shape index (κ2) is 7.42. The lowest BCUT2D eigenvalue weighted by Crippen LogP contribution is -2.39. The molecule has 1 aromatic heterocycles. The van der Waals surface area contributed by atoms with E-state index in [0.717, 1.165) is 45.1 Å². The molecule has 1 aromatic rings. The largest absolute Gasteiger partial charge is 0.380 e. The summed E-state index contributed by atoms with van der Waals surface area (Å²) in [6.07, 6.45) is 3.64. The van der Waals surface area contributed by atoms with E-state index in [9.17, 15) is 0 Å². The van der Waals surface area contributed by atoms with Gasteiger partial charge in [-0.15, -0.1) is 0 Å². The van der Waals surface area contributed by atoms with E-state index < -0.39 is 0 Å². The molecule has 2 saturated heterocycles. The highest BCUT2D eigenvalue weighted by Gasteiger charge is 2.24. The molecule has 0 aliphatic carbocycles. The molecular formula is C18H29N3O. The summed E-state index contributed by atoms with van der Waals surface area (Å²) in [4.78, 5) is 9.96. The third kappa shape index (κ3) is 3.79. The molecule has 4 heteroatoms. The van der Waals surface area contributed by atoms with Crippen molar-refractivity contribution in [3.05, 3.63) is 23.9 Å². The Kier molecular flexibility index (Phi) is 5.32. The predicted octanol–water partition coefficient (Wildman–Crippen LogP) is 2.90. The molecule has 0 spiro atoms. The minimum atomic E-state index is 0.583. The summed E-state index contributed by atoms with van der Waals surface area (Å²) in [7, 11) is 0. The minimum absolute atomic E-state index is 0.583. The third-order valence-electron chi connectivity index (χ3n) is 4.90. The quantitative estimate of drug-likeness (QED) is 0.858. The lowest BCUT2D eigenvalue weighted by atomic mass is 9.93. The van der Waals surface area contributed by atoms with Crippen LogP contribution >= 0.6 is 0 Å². The molecule has 0 bridgehead atoms. The first-order valence-corrected chi connectivity index (χ1v) is 8.78. The monoisotopic (exact) mass is 303 g/mol. The van der Waals surface area contributed by atoms with Gasteiger partial charge in [0.1, 0.15) is 5.82 Å². The van der Waals surface area contributed by atoms with Crippen LogP contribution in [0.5, 0.6) is 0 Å². The summed E-state index contributed by atoms with van der Waals surface area (Å²) in [6, 6.07) is 7.18. The van der Waals surface area contributed by atoms with Gasteiger partial charge in [0.15, 0.2) is 0 Å². The standard InChI is InChI=1S/C18H29N3O/c1-15(2)21-9-4-6-16(14-21)17-7-3-8-18(19-17)20-10-5-12-22-13-11-20/h3,7-8,15-16H,4-6,9-14H2,1-2H3/t16-/m0/s1. The summed E-state index contributed by atoms with van der Waals surface area (Å²) in [6.45, 7) is 10.7. The Balaban J connectivity index is 1.72. The van der Waals surface area contributed by atoms with Crippen LogP contribution in [0.15, 0.2) is 18.2 Å². The average molecular weight is 303 g/mol. The Labute approximate surface area is 134 Å². The summed E-state index contributed by atoms with van der Waals surface area (Å²) >= 11 is 0. The Morgan fingerprint density at radius 3 is 2.91 bits per heavy atom. The van der Waals surface area contributed by atoms with Crippen molar-refractivity contribution < 1.29 is 4.74 Å². The molecular weight excluding hydrogens is 274 g/mol. The normalized spacial score (nSPS) is 24.5. The number of aromatic nitrogens is 1. The summed E-state index contributed by atoms with van der Waals surface area (Å²) in [5.74, 6) is 1.71. The first-order chi connectivity index (χ1) is 10.7. The number of hydrogen-bond donors (Lipinski definition) is 0. The average Bonchev–Trinajstić information content (AvgIpc) is 2.84. The third-order valence-corrected chi connectivity index (χ3v) is 4.90. The molecule has 4 nitrogen and oxygen atoms in total. The number of piperidine rings is 1. The molecule has 0 N–H and O–H groups in total. The second-order valence-electron chi connectivity index (χ2n) is 6.80. The van der Waals surface area contributed by atoms with Gasteiger partial charge in [0.2, 0.25) is 0 Å². The fraction of sp³-hybridized carbons (Fsp3) is 0.722. The van der Waals surface area contributed by atoms with Crippen molar-refractivity contribution in [2.45, 2.75) is 45.1 Å². The Bertz CT molecular complexity index is 469. The van der Waals surface area contributed by atoms with Crippen LogP contribution < -0.4 is 4.90 Å². The van der Waals surface area contributed by atoms with Gasteiger partial charge in [0.05, 0.1) is 6.61 Å². The number of hydrogen-bond acceptors (Lipinski definition) is 4. The number of rotatable bonds is 3. The highest BCUT2D eigenvalue weighted by molar-refractivity contribution is 5.40. The number of likely N-dealkylation sites (tertiary alicyclic amines) is 1. The maximum atomic E-state index is 5.56. The van der Waals surface area contributed by atoms with E-state index in [-0.39, 0.29) is 0 Å². The molecule has 3 heterocycles. The fourth-order valence-electron chi connectivity index (χ4n) is 3.54. The molecule has 0 amide bonds. The summed E-state index contributed by atoms with van der Waals surface area (Å²) in [5.41, 5.74) is 1.27. The van der Waals surface area contributed by atoms with Crippen LogP contribution in [0.4, 0.5) is 5.82 Å². The van der Waals surface area contributed by atoms with E-state index in [0.29, 0.717) is 12.0 Å². The fourth-order valence-corrected chi connectivity index (χ4v) is 3.54. The number of anilines is 1. The number of nitrogens with zero attached hydrogens (tertiary/aromatic N) is 3. The lowest BCUT2D eigenvalue weighted by molar-refractivity contribution is 0.152. The topological polar surface area (TPSA) is 28.6 Å². The van der Waals surface area contributed by atoms with Gasteiger partial charge in [0.25, 0.3) is 0 Å². The minimum Gasteiger partial charge on any atom is -0.380 e. The second-order valence-corrected chi connectivity index (χ2v) is 6.80. The van der Waals surface area contributed by atoms with Crippen LogP contribution in [0.3, 0.4) is 0 Å². The van der Waals surface area contributed by atoms with Crippen LogP contribution in [0, 0.1) is 0 Å². The summed E-state index contributed by atoms with van der Waals surface area (Å²) in [5, 5.41) is 0.